The number of para-hydroxylation sites is 1. The van der Waals surface area contributed by atoms with Crippen LogP contribution < -0.4 is 5.32 Å². The number of anilines is 1. The Hall–Kier alpha value is -2.34. The Morgan fingerprint density at radius 1 is 1.00 bits per heavy atom. The molecular formula is C21H25F3N2O. The molecule has 3 nitrogen and oxygen atoms in total. The van der Waals surface area contributed by atoms with Gasteiger partial charge in [-0.15, -0.1) is 0 Å². The van der Waals surface area contributed by atoms with Crippen LogP contribution in [0.4, 0.5) is 18.9 Å². The SMILES string of the molecule is CCc1cccc(CC)c1NC(=O)CN(C)Cc1ccc(C(F)(F)F)cc1. The molecule has 0 saturated heterocycles. The number of aryl methyl sites for hydroxylation is 2. The van der Waals surface area contributed by atoms with Crippen LogP contribution in [0.3, 0.4) is 0 Å². The Morgan fingerprint density at radius 3 is 2.04 bits per heavy atom. The van der Waals surface area contributed by atoms with Crippen molar-refractivity contribution in [2.75, 3.05) is 18.9 Å². The quantitative estimate of drug-likeness (QED) is 0.743. The number of hydrogen-bond donors (Lipinski definition) is 1. The Kier molecular flexibility index (Phi) is 7.02. The van der Waals surface area contributed by atoms with Crippen LogP contribution in [0.1, 0.15) is 36.1 Å². The second-order valence-electron chi connectivity index (χ2n) is 6.57. The third-order valence-electron chi connectivity index (χ3n) is 4.41. The van der Waals surface area contributed by atoms with Crippen LogP contribution in [0.25, 0.3) is 0 Å². The van der Waals surface area contributed by atoms with E-state index in [9.17, 15) is 18.0 Å². The molecule has 0 aliphatic rings. The van der Waals surface area contributed by atoms with Gasteiger partial charge in [-0.05, 0) is 48.7 Å². The van der Waals surface area contributed by atoms with Crippen LogP contribution in [0.15, 0.2) is 42.5 Å². The first kappa shape index (κ1) is 21.0. The summed E-state index contributed by atoms with van der Waals surface area (Å²) < 4.78 is 37.9. The number of carbonyl (C=O) groups excluding carboxylic acids is 1. The number of rotatable bonds is 7. The molecule has 0 bridgehead atoms. The van der Waals surface area contributed by atoms with Crippen molar-refractivity contribution < 1.29 is 18.0 Å². The molecular weight excluding hydrogens is 353 g/mol. The molecule has 0 saturated carbocycles. The zero-order valence-corrected chi connectivity index (χ0v) is 15.9. The maximum Gasteiger partial charge on any atom is 0.416 e. The smallest absolute Gasteiger partial charge is 0.324 e. The maximum atomic E-state index is 12.6. The summed E-state index contributed by atoms with van der Waals surface area (Å²) in [5.74, 6) is -0.139. The molecule has 2 aromatic carbocycles. The molecule has 0 radical (unpaired) electrons. The van der Waals surface area contributed by atoms with Crippen molar-refractivity contribution in [3.63, 3.8) is 0 Å². The lowest BCUT2D eigenvalue weighted by Crippen LogP contribution is -2.30. The Bertz CT molecular complexity index is 748. The van der Waals surface area contributed by atoms with Crippen LogP contribution >= 0.6 is 0 Å². The highest BCUT2D eigenvalue weighted by Gasteiger charge is 2.29. The van der Waals surface area contributed by atoms with E-state index in [0.717, 1.165) is 47.4 Å². The molecule has 0 atom stereocenters. The standard InChI is InChI=1S/C21H25F3N2O/c1-4-16-7-6-8-17(5-2)20(16)25-19(27)14-26(3)13-15-9-11-18(12-10-15)21(22,23)24/h6-12H,4-5,13-14H2,1-3H3,(H,25,27). The minimum Gasteiger partial charge on any atom is -0.324 e. The van der Waals surface area contributed by atoms with Crippen molar-refractivity contribution in [2.45, 2.75) is 39.4 Å². The summed E-state index contributed by atoms with van der Waals surface area (Å²) in [6, 6.07) is 11.0. The zero-order chi connectivity index (χ0) is 20.0. The molecule has 27 heavy (non-hydrogen) atoms. The number of halogens is 3. The predicted octanol–water partition coefficient (Wildman–Crippen LogP) is 4.90. The maximum absolute atomic E-state index is 12.6. The first-order valence-corrected chi connectivity index (χ1v) is 8.99. The van der Waals surface area contributed by atoms with Crippen molar-refractivity contribution in [1.82, 2.24) is 4.90 Å². The van der Waals surface area contributed by atoms with E-state index in [-0.39, 0.29) is 12.5 Å². The molecule has 0 aliphatic carbocycles. The molecule has 0 spiro atoms. The highest BCUT2D eigenvalue weighted by atomic mass is 19.4. The highest BCUT2D eigenvalue weighted by Crippen LogP contribution is 2.29. The Morgan fingerprint density at radius 2 is 1.56 bits per heavy atom. The average Bonchev–Trinajstić information content (AvgIpc) is 2.61. The second-order valence-corrected chi connectivity index (χ2v) is 6.57. The molecule has 6 heteroatoms. The number of nitrogens with one attached hydrogen (secondary N) is 1. The molecule has 1 N–H and O–H groups in total. The summed E-state index contributed by atoms with van der Waals surface area (Å²) in [6.07, 6.45) is -2.69. The number of carbonyl (C=O) groups is 1. The number of likely N-dealkylation sites (N-methyl/N-ethyl adjacent to an activating group) is 1. The van der Waals surface area contributed by atoms with Crippen molar-refractivity contribution >= 4 is 11.6 Å². The van der Waals surface area contributed by atoms with Crippen LogP contribution in [0.5, 0.6) is 0 Å². The monoisotopic (exact) mass is 378 g/mol. The van der Waals surface area contributed by atoms with Gasteiger partial charge in [-0.25, -0.2) is 0 Å². The van der Waals surface area contributed by atoms with Crippen LogP contribution in [0.2, 0.25) is 0 Å². The lowest BCUT2D eigenvalue weighted by atomic mass is 10.0. The zero-order valence-electron chi connectivity index (χ0n) is 15.9. The molecule has 1 amide bonds. The van der Waals surface area contributed by atoms with E-state index in [1.165, 1.54) is 12.1 Å². The topological polar surface area (TPSA) is 32.3 Å². The van der Waals surface area contributed by atoms with Crippen molar-refractivity contribution in [3.05, 3.63) is 64.7 Å². The van der Waals surface area contributed by atoms with Crippen LogP contribution in [0, 0.1) is 0 Å². The fraction of sp³-hybridized carbons (Fsp3) is 0.381. The fourth-order valence-corrected chi connectivity index (χ4v) is 2.99. The third kappa shape index (κ3) is 5.82. The largest absolute Gasteiger partial charge is 0.416 e. The molecule has 2 rings (SSSR count). The van der Waals surface area contributed by atoms with Gasteiger partial charge < -0.3 is 5.32 Å². The van der Waals surface area contributed by atoms with E-state index >= 15 is 0 Å². The first-order valence-electron chi connectivity index (χ1n) is 8.99. The van der Waals surface area contributed by atoms with E-state index in [0.29, 0.717) is 6.54 Å². The normalized spacial score (nSPS) is 11.7. The predicted molar refractivity (Wildman–Crippen MR) is 102 cm³/mol. The van der Waals surface area contributed by atoms with Gasteiger partial charge in [0, 0.05) is 12.2 Å². The molecule has 0 fully saturated rings. The lowest BCUT2D eigenvalue weighted by Gasteiger charge is -2.19. The summed E-state index contributed by atoms with van der Waals surface area (Å²) in [6.45, 7) is 4.63. The number of alkyl halides is 3. The van der Waals surface area contributed by atoms with Crippen molar-refractivity contribution in [1.29, 1.82) is 0 Å². The van der Waals surface area contributed by atoms with Crippen molar-refractivity contribution in [2.24, 2.45) is 0 Å². The molecule has 2 aromatic rings. The molecule has 146 valence electrons. The van der Waals surface area contributed by atoms with Gasteiger partial charge >= 0.3 is 6.18 Å². The van der Waals surface area contributed by atoms with Gasteiger partial charge in [0.25, 0.3) is 0 Å². The number of nitrogens with zero attached hydrogens (tertiary/aromatic N) is 1. The minimum atomic E-state index is -4.34. The summed E-state index contributed by atoms with van der Waals surface area (Å²) in [5.41, 5.74) is 3.10. The Balaban J connectivity index is 1.98. The third-order valence-corrected chi connectivity index (χ3v) is 4.41. The Labute approximate surface area is 158 Å². The molecule has 0 heterocycles. The van der Waals surface area contributed by atoms with Gasteiger partial charge in [0.15, 0.2) is 0 Å². The van der Waals surface area contributed by atoms with Crippen molar-refractivity contribution in [3.8, 4) is 0 Å². The first-order chi connectivity index (χ1) is 12.7. The summed E-state index contributed by atoms with van der Waals surface area (Å²) in [5, 5.41) is 3.00. The minimum absolute atomic E-state index is 0.139. The molecule has 0 aromatic heterocycles. The van der Waals surface area contributed by atoms with Crippen LogP contribution in [-0.2, 0) is 30.4 Å². The van der Waals surface area contributed by atoms with E-state index in [4.69, 9.17) is 0 Å². The van der Waals surface area contributed by atoms with E-state index in [1.54, 1.807) is 11.9 Å². The summed E-state index contributed by atoms with van der Waals surface area (Å²) >= 11 is 0. The second kappa shape index (κ2) is 9.04. The summed E-state index contributed by atoms with van der Waals surface area (Å²) in [4.78, 5) is 14.2. The number of hydrogen-bond acceptors (Lipinski definition) is 2. The van der Waals surface area contributed by atoms with Gasteiger partial charge in [0.05, 0.1) is 12.1 Å². The van der Waals surface area contributed by atoms with Gasteiger partial charge in [-0.1, -0.05) is 44.2 Å². The van der Waals surface area contributed by atoms with Gasteiger partial charge in [0.2, 0.25) is 5.91 Å². The summed E-state index contributed by atoms with van der Waals surface area (Å²) in [7, 11) is 1.77. The molecule has 0 unspecified atom stereocenters. The van der Waals surface area contributed by atoms with E-state index in [2.05, 4.69) is 5.32 Å². The van der Waals surface area contributed by atoms with Gasteiger partial charge in [-0.2, -0.15) is 13.2 Å². The van der Waals surface area contributed by atoms with Gasteiger partial charge in [0.1, 0.15) is 0 Å². The van der Waals surface area contributed by atoms with E-state index < -0.39 is 11.7 Å². The number of amides is 1. The van der Waals surface area contributed by atoms with Gasteiger partial charge in [-0.3, -0.25) is 9.69 Å². The average molecular weight is 378 g/mol. The fourth-order valence-electron chi connectivity index (χ4n) is 2.99. The highest BCUT2D eigenvalue weighted by molar-refractivity contribution is 5.93. The van der Waals surface area contributed by atoms with E-state index in [1.807, 2.05) is 32.0 Å². The lowest BCUT2D eigenvalue weighted by molar-refractivity contribution is -0.137. The van der Waals surface area contributed by atoms with Crippen LogP contribution in [-0.4, -0.2) is 24.4 Å². The number of benzene rings is 2. The molecule has 0 aliphatic heterocycles.